The second-order valence-corrected chi connectivity index (χ2v) is 3.51. The first-order chi connectivity index (χ1) is 7.56. The number of hydrogen-bond donors (Lipinski definition) is 3. The number of nitrogens with zero attached hydrogens (tertiary/aromatic N) is 1. The van der Waals surface area contributed by atoms with Gasteiger partial charge in [-0.2, -0.15) is 0 Å². The lowest BCUT2D eigenvalue weighted by molar-refractivity contribution is -0.140. The van der Waals surface area contributed by atoms with Gasteiger partial charge in [0.2, 0.25) is 0 Å². The number of urea groups is 1. The SMILES string of the molecule is CCCN(CCC)C(=O)NC(CO)C(=O)O. The topological polar surface area (TPSA) is 89.9 Å². The van der Waals surface area contributed by atoms with Crippen LogP contribution in [-0.2, 0) is 4.79 Å². The molecule has 0 bridgehead atoms. The molecule has 0 heterocycles. The van der Waals surface area contributed by atoms with Gasteiger partial charge in [0.25, 0.3) is 0 Å². The van der Waals surface area contributed by atoms with Crippen molar-refractivity contribution in [3.05, 3.63) is 0 Å². The molecule has 6 heteroatoms. The molecule has 0 saturated heterocycles. The molecule has 1 atom stereocenters. The van der Waals surface area contributed by atoms with Gasteiger partial charge in [-0.05, 0) is 12.8 Å². The van der Waals surface area contributed by atoms with Gasteiger partial charge in [0.15, 0.2) is 6.04 Å². The summed E-state index contributed by atoms with van der Waals surface area (Å²) in [5.74, 6) is -1.23. The van der Waals surface area contributed by atoms with Crippen molar-refractivity contribution in [3.8, 4) is 0 Å². The van der Waals surface area contributed by atoms with Crippen LogP contribution in [0.1, 0.15) is 26.7 Å². The van der Waals surface area contributed by atoms with Crippen molar-refractivity contribution < 1.29 is 19.8 Å². The van der Waals surface area contributed by atoms with E-state index < -0.39 is 24.6 Å². The molecular formula is C10H20N2O4. The summed E-state index contributed by atoms with van der Waals surface area (Å²) >= 11 is 0. The van der Waals surface area contributed by atoms with Gasteiger partial charge in [0.1, 0.15) is 0 Å². The Morgan fingerprint density at radius 3 is 2.06 bits per heavy atom. The van der Waals surface area contributed by atoms with Gasteiger partial charge in [0, 0.05) is 13.1 Å². The highest BCUT2D eigenvalue weighted by molar-refractivity contribution is 5.82. The summed E-state index contributed by atoms with van der Waals surface area (Å²) in [6.45, 7) is 4.44. The number of carboxylic acids is 1. The number of hydrogen-bond acceptors (Lipinski definition) is 3. The Morgan fingerprint density at radius 1 is 1.25 bits per heavy atom. The lowest BCUT2D eigenvalue weighted by atomic mass is 10.3. The molecule has 0 aromatic rings. The molecule has 0 aromatic heterocycles. The van der Waals surface area contributed by atoms with Gasteiger partial charge in [0.05, 0.1) is 6.61 Å². The molecule has 0 aliphatic rings. The molecule has 0 fully saturated rings. The Morgan fingerprint density at radius 2 is 1.75 bits per heavy atom. The van der Waals surface area contributed by atoms with E-state index in [-0.39, 0.29) is 0 Å². The van der Waals surface area contributed by atoms with Crippen LogP contribution in [0.5, 0.6) is 0 Å². The minimum absolute atomic E-state index is 0.440. The summed E-state index contributed by atoms with van der Waals surface area (Å²) in [6, 6.07) is -1.67. The quantitative estimate of drug-likeness (QED) is 0.587. The molecule has 0 saturated carbocycles. The van der Waals surface area contributed by atoms with Crippen molar-refractivity contribution in [3.63, 3.8) is 0 Å². The van der Waals surface area contributed by atoms with Crippen molar-refractivity contribution in [2.45, 2.75) is 32.7 Å². The van der Waals surface area contributed by atoms with Crippen molar-refractivity contribution in [2.24, 2.45) is 0 Å². The number of carbonyl (C=O) groups excluding carboxylic acids is 1. The maximum Gasteiger partial charge on any atom is 0.328 e. The van der Waals surface area contributed by atoms with E-state index in [1.54, 1.807) is 4.90 Å². The van der Waals surface area contributed by atoms with Crippen LogP contribution in [0.25, 0.3) is 0 Å². The zero-order valence-electron chi connectivity index (χ0n) is 9.77. The molecule has 0 rings (SSSR count). The fourth-order valence-electron chi connectivity index (χ4n) is 1.28. The van der Waals surface area contributed by atoms with Crippen molar-refractivity contribution >= 4 is 12.0 Å². The molecule has 94 valence electrons. The molecule has 2 amide bonds. The van der Waals surface area contributed by atoms with E-state index in [0.29, 0.717) is 13.1 Å². The molecule has 3 N–H and O–H groups in total. The fourth-order valence-corrected chi connectivity index (χ4v) is 1.28. The highest BCUT2D eigenvalue weighted by Crippen LogP contribution is 1.96. The first-order valence-corrected chi connectivity index (χ1v) is 5.45. The molecular weight excluding hydrogens is 212 g/mol. The second-order valence-electron chi connectivity index (χ2n) is 3.51. The Kier molecular flexibility index (Phi) is 7.28. The van der Waals surface area contributed by atoms with Gasteiger partial charge >= 0.3 is 12.0 Å². The molecule has 0 spiro atoms. The zero-order chi connectivity index (χ0) is 12.6. The van der Waals surface area contributed by atoms with Crippen LogP contribution < -0.4 is 5.32 Å². The minimum atomic E-state index is -1.23. The average molecular weight is 232 g/mol. The van der Waals surface area contributed by atoms with Crippen LogP contribution in [0.15, 0.2) is 0 Å². The zero-order valence-corrected chi connectivity index (χ0v) is 9.77. The number of aliphatic hydroxyl groups excluding tert-OH is 1. The largest absolute Gasteiger partial charge is 0.480 e. The maximum atomic E-state index is 11.6. The summed E-state index contributed by atoms with van der Waals surface area (Å²) in [6.07, 6.45) is 1.62. The molecule has 16 heavy (non-hydrogen) atoms. The summed E-state index contributed by atoms with van der Waals surface area (Å²) in [5, 5.41) is 19.7. The van der Waals surface area contributed by atoms with Gasteiger partial charge in [-0.15, -0.1) is 0 Å². The predicted octanol–water partition coefficient (Wildman–Crippen LogP) is 0.263. The number of amides is 2. The van der Waals surface area contributed by atoms with E-state index >= 15 is 0 Å². The van der Waals surface area contributed by atoms with E-state index in [0.717, 1.165) is 12.8 Å². The van der Waals surface area contributed by atoms with Crippen LogP contribution in [0.2, 0.25) is 0 Å². The Bertz CT molecular complexity index is 227. The normalized spacial score (nSPS) is 11.9. The number of aliphatic carboxylic acids is 1. The van der Waals surface area contributed by atoms with E-state index in [1.165, 1.54) is 0 Å². The van der Waals surface area contributed by atoms with Gasteiger partial charge < -0.3 is 20.4 Å². The molecule has 0 aliphatic carbocycles. The Labute approximate surface area is 95.2 Å². The Hall–Kier alpha value is -1.30. The summed E-state index contributed by atoms with van der Waals surface area (Å²) in [4.78, 5) is 23.8. The van der Waals surface area contributed by atoms with Crippen LogP contribution in [0.3, 0.4) is 0 Å². The summed E-state index contributed by atoms with van der Waals surface area (Å²) in [5.41, 5.74) is 0. The number of carboxylic acid groups (broad SMARTS) is 1. The third-order valence-corrected chi connectivity index (χ3v) is 2.05. The second kappa shape index (κ2) is 7.92. The molecule has 0 radical (unpaired) electrons. The molecule has 6 nitrogen and oxygen atoms in total. The van der Waals surface area contributed by atoms with E-state index in [9.17, 15) is 9.59 Å². The molecule has 0 aromatic carbocycles. The van der Waals surface area contributed by atoms with Crippen molar-refractivity contribution in [2.75, 3.05) is 19.7 Å². The third-order valence-electron chi connectivity index (χ3n) is 2.05. The first-order valence-electron chi connectivity index (χ1n) is 5.45. The lowest BCUT2D eigenvalue weighted by Gasteiger charge is -2.23. The van der Waals surface area contributed by atoms with Crippen LogP contribution in [0.4, 0.5) is 4.79 Å². The average Bonchev–Trinajstić information content (AvgIpc) is 2.24. The Balaban J connectivity index is 4.32. The molecule has 1 unspecified atom stereocenters. The standard InChI is InChI=1S/C10H20N2O4/c1-3-5-12(6-4-2)10(16)11-8(7-13)9(14)15/h8,13H,3-7H2,1-2H3,(H,11,16)(H,14,15). The monoisotopic (exact) mass is 232 g/mol. The van der Waals surface area contributed by atoms with Crippen molar-refractivity contribution in [1.82, 2.24) is 10.2 Å². The lowest BCUT2D eigenvalue weighted by Crippen LogP contribution is -2.49. The van der Waals surface area contributed by atoms with Crippen molar-refractivity contribution in [1.29, 1.82) is 0 Å². The summed E-state index contributed by atoms with van der Waals surface area (Å²) in [7, 11) is 0. The highest BCUT2D eigenvalue weighted by Gasteiger charge is 2.21. The smallest absolute Gasteiger partial charge is 0.328 e. The van der Waals surface area contributed by atoms with Crippen LogP contribution in [0, 0.1) is 0 Å². The fraction of sp³-hybridized carbons (Fsp3) is 0.800. The third kappa shape index (κ3) is 4.97. The highest BCUT2D eigenvalue weighted by atomic mass is 16.4. The van der Waals surface area contributed by atoms with E-state index in [4.69, 9.17) is 10.2 Å². The number of rotatable bonds is 7. The number of carbonyl (C=O) groups is 2. The molecule has 0 aliphatic heterocycles. The number of aliphatic hydroxyl groups is 1. The number of nitrogens with one attached hydrogen (secondary N) is 1. The van der Waals surface area contributed by atoms with Crippen LogP contribution in [-0.4, -0.2) is 52.9 Å². The van der Waals surface area contributed by atoms with Crippen LogP contribution >= 0.6 is 0 Å². The van der Waals surface area contributed by atoms with E-state index in [2.05, 4.69) is 5.32 Å². The maximum absolute atomic E-state index is 11.6. The predicted molar refractivity (Wildman–Crippen MR) is 59.2 cm³/mol. The van der Waals surface area contributed by atoms with Gasteiger partial charge in [-0.1, -0.05) is 13.8 Å². The van der Waals surface area contributed by atoms with E-state index in [1.807, 2.05) is 13.8 Å². The minimum Gasteiger partial charge on any atom is -0.480 e. The first kappa shape index (κ1) is 14.7. The van der Waals surface area contributed by atoms with Gasteiger partial charge in [-0.3, -0.25) is 0 Å². The van der Waals surface area contributed by atoms with Gasteiger partial charge in [-0.25, -0.2) is 9.59 Å². The summed E-state index contributed by atoms with van der Waals surface area (Å²) < 4.78 is 0.